The number of carbonyl (C=O) groups excluding carboxylic acids is 2. The molecule has 0 radical (unpaired) electrons. The van der Waals surface area contributed by atoms with Crippen LogP contribution in [0, 0.1) is 3.77 Å². The molecule has 0 bridgehead atoms. The van der Waals surface area contributed by atoms with E-state index in [0.717, 1.165) is 3.77 Å². The van der Waals surface area contributed by atoms with Gasteiger partial charge in [-0.2, -0.15) is 5.10 Å². The molecule has 21 heavy (non-hydrogen) atoms. The lowest BCUT2D eigenvalue weighted by Gasteiger charge is -2.04. The van der Waals surface area contributed by atoms with Crippen LogP contribution in [0.4, 0.5) is 5.69 Å². The number of anilines is 1. The van der Waals surface area contributed by atoms with Crippen LogP contribution in [0.1, 0.15) is 23.0 Å². The minimum atomic E-state index is -0.375. The molecule has 2 aromatic rings. The van der Waals surface area contributed by atoms with Crippen LogP contribution in [0.2, 0.25) is 0 Å². The molecule has 0 spiro atoms. The number of hydrogen-bond donors (Lipinski definition) is 2. The molecule has 0 unspecified atom stereocenters. The summed E-state index contributed by atoms with van der Waals surface area (Å²) in [6.07, 6.45) is 1.41. The number of benzene rings is 1. The van der Waals surface area contributed by atoms with E-state index in [4.69, 9.17) is 4.42 Å². The van der Waals surface area contributed by atoms with Crippen molar-refractivity contribution in [2.24, 2.45) is 5.10 Å². The molecule has 108 valence electrons. The quantitative estimate of drug-likeness (QED) is 0.473. The number of carbonyl (C=O) groups is 2. The summed E-state index contributed by atoms with van der Waals surface area (Å²) >= 11 is 2.04. The number of furan rings is 1. The van der Waals surface area contributed by atoms with E-state index in [1.807, 2.05) is 22.6 Å². The number of amides is 2. The Morgan fingerprint density at radius 3 is 2.76 bits per heavy atom. The molecule has 0 aliphatic rings. The predicted octanol–water partition coefficient (Wildman–Crippen LogP) is 2.61. The summed E-state index contributed by atoms with van der Waals surface area (Å²) in [5.41, 5.74) is 3.34. The van der Waals surface area contributed by atoms with Crippen LogP contribution in [0.5, 0.6) is 0 Å². The van der Waals surface area contributed by atoms with Crippen LogP contribution in [-0.4, -0.2) is 18.0 Å². The van der Waals surface area contributed by atoms with Gasteiger partial charge in [-0.15, -0.1) is 0 Å². The molecule has 0 aliphatic carbocycles. The van der Waals surface area contributed by atoms with Crippen LogP contribution in [0.25, 0.3) is 0 Å². The molecule has 1 heterocycles. The highest BCUT2D eigenvalue weighted by atomic mass is 127. The normalized spacial score (nSPS) is 10.6. The third kappa shape index (κ3) is 4.71. The van der Waals surface area contributed by atoms with Crippen LogP contribution in [0.15, 0.2) is 45.9 Å². The topological polar surface area (TPSA) is 83.7 Å². The van der Waals surface area contributed by atoms with Crippen molar-refractivity contribution in [2.45, 2.75) is 6.92 Å². The lowest BCUT2D eigenvalue weighted by molar-refractivity contribution is -0.114. The molecule has 2 rings (SSSR count). The first-order valence-corrected chi connectivity index (χ1v) is 7.09. The van der Waals surface area contributed by atoms with Gasteiger partial charge in [0.05, 0.1) is 6.21 Å². The van der Waals surface area contributed by atoms with E-state index in [0.29, 0.717) is 17.0 Å². The van der Waals surface area contributed by atoms with Crippen molar-refractivity contribution in [3.8, 4) is 0 Å². The molecule has 0 saturated heterocycles. The molecular weight excluding hydrogens is 385 g/mol. The number of halogens is 1. The van der Waals surface area contributed by atoms with Gasteiger partial charge in [-0.1, -0.05) is 6.07 Å². The molecule has 2 amide bonds. The second-order valence-corrected chi connectivity index (χ2v) is 5.17. The molecule has 1 aromatic heterocycles. The van der Waals surface area contributed by atoms with Crippen molar-refractivity contribution >= 4 is 46.3 Å². The lowest BCUT2D eigenvalue weighted by Crippen LogP contribution is -2.18. The van der Waals surface area contributed by atoms with E-state index in [1.165, 1.54) is 13.1 Å². The van der Waals surface area contributed by atoms with E-state index < -0.39 is 0 Å². The van der Waals surface area contributed by atoms with E-state index in [1.54, 1.807) is 36.4 Å². The fourth-order valence-electron chi connectivity index (χ4n) is 1.56. The summed E-state index contributed by atoms with van der Waals surface area (Å²) in [7, 11) is 0. The molecule has 0 aliphatic heterocycles. The molecule has 0 saturated carbocycles. The monoisotopic (exact) mass is 397 g/mol. The predicted molar refractivity (Wildman–Crippen MR) is 87.2 cm³/mol. The average molecular weight is 397 g/mol. The van der Waals surface area contributed by atoms with Gasteiger partial charge in [0.2, 0.25) is 5.91 Å². The Balaban J connectivity index is 2.00. The largest absolute Gasteiger partial charge is 0.449 e. The van der Waals surface area contributed by atoms with E-state index in [-0.39, 0.29) is 11.8 Å². The van der Waals surface area contributed by atoms with Crippen molar-refractivity contribution < 1.29 is 14.0 Å². The van der Waals surface area contributed by atoms with Crippen LogP contribution in [0.3, 0.4) is 0 Å². The fraction of sp³-hybridized carbons (Fsp3) is 0.0714. The zero-order valence-corrected chi connectivity index (χ0v) is 13.2. The van der Waals surface area contributed by atoms with Gasteiger partial charge in [-0.05, 0) is 52.9 Å². The van der Waals surface area contributed by atoms with Gasteiger partial charge >= 0.3 is 0 Å². The Morgan fingerprint density at radius 1 is 1.29 bits per heavy atom. The molecule has 7 heteroatoms. The summed E-state index contributed by atoms with van der Waals surface area (Å²) in [6, 6.07) is 10.1. The van der Waals surface area contributed by atoms with Gasteiger partial charge in [0, 0.05) is 18.2 Å². The van der Waals surface area contributed by atoms with Gasteiger partial charge < -0.3 is 9.73 Å². The summed E-state index contributed by atoms with van der Waals surface area (Å²) in [4.78, 5) is 22.9. The highest BCUT2D eigenvalue weighted by Gasteiger charge is 2.05. The Kier molecular flexibility index (Phi) is 5.09. The number of nitrogens with one attached hydrogen (secondary N) is 2. The maximum absolute atomic E-state index is 11.9. The first kappa shape index (κ1) is 15.2. The van der Waals surface area contributed by atoms with Crippen LogP contribution < -0.4 is 10.7 Å². The van der Waals surface area contributed by atoms with Gasteiger partial charge in [0.25, 0.3) is 5.91 Å². The summed E-state index contributed by atoms with van der Waals surface area (Å²) in [6.45, 7) is 1.40. The van der Waals surface area contributed by atoms with E-state index >= 15 is 0 Å². The highest BCUT2D eigenvalue weighted by Crippen LogP contribution is 2.11. The Bertz CT molecular complexity index is 694. The lowest BCUT2D eigenvalue weighted by atomic mass is 10.2. The summed E-state index contributed by atoms with van der Waals surface area (Å²) in [5, 5.41) is 6.42. The second-order valence-electron chi connectivity index (χ2n) is 4.10. The Labute approximate surface area is 134 Å². The molecule has 0 atom stereocenters. The van der Waals surface area contributed by atoms with Gasteiger partial charge in [0.1, 0.15) is 5.76 Å². The van der Waals surface area contributed by atoms with Gasteiger partial charge in [-0.25, -0.2) is 5.43 Å². The first-order valence-electron chi connectivity index (χ1n) is 6.01. The van der Waals surface area contributed by atoms with Gasteiger partial charge in [0.15, 0.2) is 3.77 Å². The molecule has 2 N–H and O–H groups in total. The van der Waals surface area contributed by atoms with Crippen molar-refractivity contribution in [1.82, 2.24) is 5.43 Å². The average Bonchev–Trinajstić information content (AvgIpc) is 2.84. The van der Waals surface area contributed by atoms with Crippen molar-refractivity contribution in [2.75, 3.05) is 5.32 Å². The van der Waals surface area contributed by atoms with E-state index in [2.05, 4.69) is 15.8 Å². The zero-order chi connectivity index (χ0) is 15.2. The smallest absolute Gasteiger partial charge is 0.271 e. The molecule has 6 nitrogen and oxygen atoms in total. The van der Waals surface area contributed by atoms with Crippen LogP contribution in [-0.2, 0) is 4.79 Å². The zero-order valence-electron chi connectivity index (χ0n) is 11.1. The standard InChI is InChI=1S/C14H12IN3O3/c1-9(19)17-11-4-2-3-10(7-11)14(20)18-16-8-12-5-6-13(15)21-12/h2-8H,1H3,(H,17,19)(H,18,20). The minimum Gasteiger partial charge on any atom is -0.449 e. The highest BCUT2D eigenvalue weighted by molar-refractivity contribution is 14.1. The third-order valence-corrected chi connectivity index (χ3v) is 2.98. The fourth-order valence-corrected chi connectivity index (χ4v) is 1.99. The second kappa shape index (κ2) is 7.02. The van der Waals surface area contributed by atoms with Crippen molar-refractivity contribution in [1.29, 1.82) is 0 Å². The first-order chi connectivity index (χ1) is 10.0. The maximum atomic E-state index is 11.9. The minimum absolute atomic E-state index is 0.196. The number of rotatable bonds is 4. The van der Waals surface area contributed by atoms with Crippen molar-refractivity contribution in [3.05, 3.63) is 51.5 Å². The Hall–Kier alpha value is -2.16. The summed E-state index contributed by atoms with van der Waals surface area (Å²) in [5.74, 6) is -0.0237. The van der Waals surface area contributed by atoms with E-state index in [9.17, 15) is 9.59 Å². The van der Waals surface area contributed by atoms with Gasteiger partial charge in [-0.3, -0.25) is 9.59 Å². The van der Waals surface area contributed by atoms with Crippen LogP contribution >= 0.6 is 22.6 Å². The number of hydrogen-bond acceptors (Lipinski definition) is 4. The molecular formula is C14H12IN3O3. The number of hydrazone groups is 1. The third-order valence-electron chi connectivity index (χ3n) is 2.40. The summed E-state index contributed by atoms with van der Waals surface area (Å²) < 4.78 is 6.01. The Morgan fingerprint density at radius 2 is 2.10 bits per heavy atom. The molecule has 0 fully saturated rings. The number of nitrogens with zero attached hydrogens (tertiary/aromatic N) is 1. The van der Waals surface area contributed by atoms with Crippen molar-refractivity contribution in [3.63, 3.8) is 0 Å². The molecule has 1 aromatic carbocycles. The SMILES string of the molecule is CC(=O)Nc1cccc(C(=O)NN=Cc2ccc(I)o2)c1. The maximum Gasteiger partial charge on any atom is 0.271 e.